The quantitative estimate of drug-likeness (QED) is 0.797. The van der Waals surface area contributed by atoms with Crippen molar-refractivity contribution in [2.24, 2.45) is 11.7 Å². The molecule has 0 radical (unpaired) electrons. The fraction of sp³-hybridized carbons (Fsp3) is 0.500. The first-order chi connectivity index (χ1) is 7.08. The second-order valence-corrected chi connectivity index (χ2v) is 4.86. The molecule has 0 bridgehead atoms. The lowest BCUT2D eigenvalue weighted by atomic mass is 9.92. The lowest BCUT2D eigenvalue weighted by molar-refractivity contribution is 0.115. The summed E-state index contributed by atoms with van der Waals surface area (Å²) in [4.78, 5) is 0. The predicted molar refractivity (Wildman–Crippen MR) is 62.3 cm³/mol. The fourth-order valence-corrected chi connectivity index (χ4v) is 2.09. The summed E-state index contributed by atoms with van der Waals surface area (Å²) in [6.45, 7) is 4.30. The number of fused-ring (bicyclic) bond motifs is 1. The van der Waals surface area contributed by atoms with Gasteiger partial charge in [0.2, 0.25) is 0 Å². The Kier molecular flexibility index (Phi) is 2.89. The molecule has 2 atom stereocenters. The van der Waals surface area contributed by atoms with E-state index in [1.807, 2.05) is 18.2 Å². The normalized spacial score (nSPS) is 24.9. The molecule has 2 rings (SSSR count). The first kappa shape index (κ1) is 10.8. The lowest BCUT2D eigenvalue weighted by Crippen LogP contribution is -2.33. The molecule has 0 saturated heterocycles. The van der Waals surface area contributed by atoms with Crippen molar-refractivity contribution in [3.05, 3.63) is 28.8 Å². The van der Waals surface area contributed by atoms with Crippen LogP contribution >= 0.6 is 11.6 Å². The third-order valence-electron chi connectivity index (χ3n) is 2.88. The van der Waals surface area contributed by atoms with Gasteiger partial charge in [-0.1, -0.05) is 25.4 Å². The van der Waals surface area contributed by atoms with E-state index in [-0.39, 0.29) is 12.1 Å². The highest BCUT2D eigenvalue weighted by atomic mass is 35.5. The second-order valence-electron chi connectivity index (χ2n) is 4.42. The third-order valence-corrected chi connectivity index (χ3v) is 3.11. The average molecular weight is 226 g/mol. The molecule has 1 heterocycles. The highest BCUT2D eigenvalue weighted by molar-refractivity contribution is 6.30. The summed E-state index contributed by atoms with van der Waals surface area (Å²) in [7, 11) is 0. The van der Waals surface area contributed by atoms with Crippen molar-refractivity contribution in [1.82, 2.24) is 0 Å². The molecule has 2 N–H and O–H groups in total. The van der Waals surface area contributed by atoms with Gasteiger partial charge in [0.25, 0.3) is 0 Å². The van der Waals surface area contributed by atoms with Crippen LogP contribution in [-0.4, -0.2) is 6.10 Å². The van der Waals surface area contributed by atoms with Gasteiger partial charge in [-0.3, -0.25) is 0 Å². The van der Waals surface area contributed by atoms with Gasteiger partial charge in [-0.25, -0.2) is 0 Å². The van der Waals surface area contributed by atoms with Crippen molar-refractivity contribution in [3.63, 3.8) is 0 Å². The molecule has 1 unspecified atom stereocenters. The zero-order chi connectivity index (χ0) is 11.0. The third kappa shape index (κ3) is 2.11. The van der Waals surface area contributed by atoms with Crippen molar-refractivity contribution in [1.29, 1.82) is 0 Å². The molecule has 0 fully saturated rings. The van der Waals surface area contributed by atoms with E-state index in [2.05, 4.69) is 13.8 Å². The van der Waals surface area contributed by atoms with Crippen LogP contribution in [0.25, 0.3) is 0 Å². The van der Waals surface area contributed by atoms with Gasteiger partial charge in [-0.15, -0.1) is 0 Å². The highest BCUT2D eigenvalue weighted by Gasteiger charge is 2.27. The van der Waals surface area contributed by atoms with Gasteiger partial charge in [0, 0.05) is 23.0 Å². The molecule has 0 aromatic heterocycles. The number of hydrogen-bond donors (Lipinski definition) is 1. The number of halogens is 1. The Balaban J connectivity index is 2.32. The van der Waals surface area contributed by atoms with E-state index in [0.717, 1.165) is 22.8 Å². The molecule has 15 heavy (non-hydrogen) atoms. The maximum Gasteiger partial charge on any atom is 0.124 e. The molecule has 1 aliphatic heterocycles. The Morgan fingerprint density at radius 1 is 1.47 bits per heavy atom. The fourth-order valence-electron chi connectivity index (χ4n) is 1.91. The molecule has 2 nitrogen and oxygen atoms in total. The maximum absolute atomic E-state index is 6.10. The van der Waals surface area contributed by atoms with Crippen molar-refractivity contribution in [2.45, 2.75) is 32.4 Å². The van der Waals surface area contributed by atoms with Crippen LogP contribution in [0.3, 0.4) is 0 Å². The molecule has 1 aliphatic rings. The molecule has 3 heteroatoms. The van der Waals surface area contributed by atoms with E-state index in [1.54, 1.807) is 0 Å². The minimum atomic E-state index is 0.0415. The predicted octanol–water partition coefficient (Wildman–Crippen LogP) is 3.15. The van der Waals surface area contributed by atoms with Gasteiger partial charge in [-0.05, 0) is 24.1 Å². The average Bonchev–Trinajstić information content (AvgIpc) is 2.18. The summed E-state index contributed by atoms with van der Waals surface area (Å²) < 4.78 is 5.88. The Hall–Kier alpha value is -0.730. The molecule has 0 amide bonds. The number of benzene rings is 1. The number of rotatable bonds is 1. The maximum atomic E-state index is 6.10. The largest absolute Gasteiger partial charge is 0.490 e. The van der Waals surface area contributed by atoms with Crippen LogP contribution < -0.4 is 10.5 Å². The molecule has 82 valence electrons. The minimum Gasteiger partial charge on any atom is -0.490 e. The van der Waals surface area contributed by atoms with Crippen molar-refractivity contribution in [2.75, 3.05) is 0 Å². The number of nitrogens with two attached hydrogens (primary N) is 1. The molecular formula is C12H16ClNO. The van der Waals surface area contributed by atoms with Gasteiger partial charge in [0.15, 0.2) is 0 Å². The Bertz CT molecular complexity index is 365. The standard InChI is InChI=1S/C12H16ClNO/c1-7(2)12-6-10(14)9-5-8(13)3-4-11(9)15-12/h3-5,7,10,12H,6,14H2,1-2H3/t10-,12?/m0/s1. The topological polar surface area (TPSA) is 35.2 Å². The van der Waals surface area contributed by atoms with E-state index >= 15 is 0 Å². The second kappa shape index (κ2) is 4.03. The van der Waals surface area contributed by atoms with Crippen LogP contribution in [0.5, 0.6) is 5.75 Å². The summed E-state index contributed by atoms with van der Waals surface area (Å²) in [5, 5.41) is 0.718. The number of hydrogen-bond acceptors (Lipinski definition) is 2. The van der Waals surface area contributed by atoms with Gasteiger partial charge in [0.05, 0.1) is 0 Å². The Labute approximate surface area is 95.4 Å². The molecule has 0 saturated carbocycles. The highest BCUT2D eigenvalue weighted by Crippen LogP contribution is 2.36. The Morgan fingerprint density at radius 2 is 2.20 bits per heavy atom. The Morgan fingerprint density at radius 3 is 2.87 bits per heavy atom. The van der Waals surface area contributed by atoms with E-state index in [9.17, 15) is 0 Å². The molecule has 1 aromatic rings. The zero-order valence-corrected chi connectivity index (χ0v) is 9.79. The van der Waals surface area contributed by atoms with Gasteiger partial charge >= 0.3 is 0 Å². The van der Waals surface area contributed by atoms with Crippen molar-refractivity contribution in [3.8, 4) is 5.75 Å². The SMILES string of the molecule is CC(C)C1C[C@H](N)c2cc(Cl)ccc2O1. The first-order valence-corrected chi connectivity index (χ1v) is 5.67. The lowest BCUT2D eigenvalue weighted by Gasteiger charge is -2.32. The van der Waals surface area contributed by atoms with Gasteiger partial charge in [-0.2, -0.15) is 0 Å². The van der Waals surface area contributed by atoms with E-state index in [0.29, 0.717) is 5.92 Å². The minimum absolute atomic E-state index is 0.0415. The van der Waals surface area contributed by atoms with Gasteiger partial charge < -0.3 is 10.5 Å². The zero-order valence-electron chi connectivity index (χ0n) is 9.03. The molecule has 0 spiro atoms. The van der Waals surface area contributed by atoms with Gasteiger partial charge in [0.1, 0.15) is 11.9 Å². The van der Waals surface area contributed by atoms with Crippen molar-refractivity contribution >= 4 is 11.6 Å². The number of ether oxygens (including phenoxy) is 1. The first-order valence-electron chi connectivity index (χ1n) is 5.29. The summed E-state index contributed by atoms with van der Waals surface area (Å²) in [5.41, 5.74) is 7.13. The summed E-state index contributed by atoms with van der Waals surface area (Å²) in [6, 6.07) is 5.69. The van der Waals surface area contributed by atoms with Crippen LogP contribution in [0.1, 0.15) is 31.9 Å². The van der Waals surface area contributed by atoms with E-state index in [4.69, 9.17) is 22.1 Å². The molecular weight excluding hydrogens is 210 g/mol. The van der Waals surface area contributed by atoms with E-state index in [1.165, 1.54) is 0 Å². The summed E-state index contributed by atoms with van der Waals surface area (Å²) in [6.07, 6.45) is 1.08. The van der Waals surface area contributed by atoms with Crippen LogP contribution in [-0.2, 0) is 0 Å². The van der Waals surface area contributed by atoms with Crippen LogP contribution in [0.4, 0.5) is 0 Å². The summed E-state index contributed by atoms with van der Waals surface area (Å²) >= 11 is 5.93. The molecule has 0 aliphatic carbocycles. The van der Waals surface area contributed by atoms with Crippen LogP contribution in [0, 0.1) is 5.92 Å². The molecule has 1 aromatic carbocycles. The van der Waals surface area contributed by atoms with Crippen molar-refractivity contribution < 1.29 is 4.74 Å². The van der Waals surface area contributed by atoms with Crippen LogP contribution in [0.2, 0.25) is 5.02 Å². The monoisotopic (exact) mass is 225 g/mol. The van der Waals surface area contributed by atoms with E-state index < -0.39 is 0 Å². The smallest absolute Gasteiger partial charge is 0.124 e. The van der Waals surface area contributed by atoms with Crippen LogP contribution in [0.15, 0.2) is 18.2 Å². The summed E-state index contributed by atoms with van der Waals surface area (Å²) in [5.74, 6) is 1.37.